The maximum atomic E-state index is 9.78. The van der Waals surface area contributed by atoms with E-state index in [0.29, 0.717) is 11.8 Å². The molecule has 1 aliphatic rings. The molecule has 0 aliphatic carbocycles. The van der Waals surface area contributed by atoms with Crippen molar-refractivity contribution >= 4 is 11.8 Å². The fraction of sp³-hybridized carbons (Fsp3) is 0.667. The maximum Gasteiger partial charge on any atom is 0.0936 e. The topological polar surface area (TPSA) is 29.4 Å². The first-order valence-electron chi connectivity index (χ1n) is 2.93. The molecule has 1 atom stereocenters. The summed E-state index contributed by atoms with van der Waals surface area (Å²) in [6.45, 7) is 2.54. The fourth-order valence-corrected chi connectivity index (χ4v) is 1.89. The van der Waals surface area contributed by atoms with Gasteiger partial charge in [-0.15, -0.1) is 11.8 Å². The van der Waals surface area contributed by atoms with Crippen molar-refractivity contribution in [3.05, 3.63) is 15.9 Å². The number of allylic oxidation sites excluding steroid dienone is 1. The highest BCUT2D eigenvalue weighted by molar-refractivity contribution is 8.03. The summed E-state index contributed by atoms with van der Waals surface area (Å²) in [6, 6.07) is 0. The molecule has 0 saturated carbocycles. The number of rotatable bonds is 2. The Hall–Kier alpha value is -0.310. The third-order valence-electron chi connectivity index (χ3n) is 1.29. The lowest BCUT2D eigenvalue weighted by Crippen LogP contribution is -2.01. The normalized spacial score (nSPS) is 25.9. The van der Waals surface area contributed by atoms with E-state index in [1.54, 1.807) is 11.8 Å². The van der Waals surface area contributed by atoms with Gasteiger partial charge in [-0.25, -0.2) is 0 Å². The summed E-state index contributed by atoms with van der Waals surface area (Å²) in [4.78, 5) is 9.78. The van der Waals surface area contributed by atoms with E-state index in [1.807, 2.05) is 0 Å². The summed E-state index contributed by atoms with van der Waals surface area (Å²) in [5.41, 5.74) is 1.37. The molecular weight excluding hydrogens is 134 g/mol. The van der Waals surface area contributed by atoms with E-state index in [9.17, 15) is 4.91 Å². The first kappa shape index (κ1) is 6.81. The second kappa shape index (κ2) is 3.01. The first-order valence-corrected chi connectivity index (χ1v) is 3.87. The zero-order valence-electron chi connectivity index (χ0n) is 5.33. The SMILES string of the molecule is CC1=CSC(CN=O)C1. The fourth-order valence-electron chi connectivity index (χ4n) is 0.858. The van der Waals surface area contributed by atoms with Gasteiger partial charge in [-0.3, -0.25) is 0 Å². The summed E-state index contributed by atoms with van der Waals surface area (Å²) in [5.74, 6) is 0. The molecule has 1 heterocycles. The van der Waals surface area contributed by atoms with E-state index in [4.69, 9.17) is 0 Å². The molecular formula is C6H9NOS. The quantitative estimate of drug-likeness (QED) is 0.554. The Labute approximate surface area is 58.7 Å². The van der Waals surface area contributed by atoms with E-state index in [2.05, 4.69) is 17.5 Å². The van der Waals surface area contributed by atoms with Gasteiger partial charge in [0.1, 0.15) is 0 Å². The van der Waals surface area contributed by atoms with Gasteiger partial charge in [0.2, 0.25) is 0 Å². The highest BCUT2D eigenvalue weighted by Gasteiger charge is 2.14. The Balaban J connectivity index is 2.28. The second-order valence-electron chi connectivity index (χ2n) is 2.24. The highest BCUT2D eigenvalue weighted by atomic mass is 32.2. The number of nitrogens with zero attached hydrogens (tertiary/aromatic N) is 1. The standard InChI is InChI=1S/C6H9NOS/c1-5-2-6(3-7-8)9-4-5/h4,6H,2-3H2,1H3. The van der Waals surface area contributed by atoms with Crippen LogP contribution in [0, 0.1) is 4.91 Å². The molecule has 0 N–H and O–H groups in total. The van der Waals surface area contributed by atoms with E-state index < -0.39 is 0 Å². The number of hydrogen-bond acceptors (Lipinski definition) is 3. The van der Waals surface area contributed by atoms with Gasteiger partial charge in [0.15, 0.2) is 0 Å². The van der Waals surface area contributed by atoms with Crippen molar-refractivity contribution in [1.29, 1.82) is 0 Å². The van der Waals surface area contributed by atoms with Crippen LogP contribution in [0.5, 0.6) is 0 Å². The monoisotopic (exact) mass is 143 g/mol. The van der Waals surface area contributed by atoms with E-state index in [-0.39, 0.29) is 0 Å². The van der Waals surface area contributed by atoms with Crippen molar-refractivity contribution in [1.82, 2.24) is 0 Å². The van der Waals surface area contributed by atoms with Gasteiger partial charge < -0.3 is 0 Å². The third kappa shape index (κ3) is 1.82. The molecule has 3 heteroatoms. The molecule has 1 aliphatic heterocycles. The van der Waals surface area contributed by atoms with Crippen LogP contribution in [0.4, 0.5) is 0 Å². The van der Waals surface area contributed by atoms with Gasteiger partial charge in [-0.1, -0.05) is 10.7 Å². The molecule has 0 aromatic heterocycles. The van der Waals surface area contributed by atoms with Gasteiger partial charge in [0.25, 0.3) is 0 Å². The lowest BCUT2D eigenvalue weighted by molar-refractivity contribution is 0.856. The van der Waals surface area contributed by atoms with Crippen LogP contribution in [0.3, 0.4) is 0 Å². The predicted molar refractivity (Wildman–Crippen MR) is 40.4 cm³/mol. The van der Waals surface area contributed by atoms with E-state index in [0.717, 1.165) is 6.42 Å². The summed E-state index contributed by atoms with van der Waals surface area (Å²) in [5, 5.41) is 5.39. The molecule has 0 fully saturated rings. The lowest BCUT2D eigenvalue weighted by Gasteiger charge is -1.99. The smallest absolute Gasteiger partial charge is 0.0936 e. The van der Waals surface area contributed by atoms with Gasteiger partial charge in [0.05, 0.1) is 6.54 Å². The molecule has 0 aromatic rings. The molecule has 0 spiro atoms. The minimum atomic E-state index is 0.433. The number of hydrogen-bond donors (Lipinski definition) is 0. The highest BCUT2D eigenvalue weighted by Crippen LogP contribution is 2.29. The van der Waals surface area contributed by atoms with Crippen molar-refractivity contribution in [2.24, 2.45) is 5.18 Å². The zero-order valence-corrected chi connectivity index (χ0v) is 6.15. The van der Waals surface area contributed by atoms with Crippen LogP contribution in [0.15, 0.2) is 16.2 Å². The molecule has 0 aromatic carbocycles. The third-order valence-corrected chi connectivity index (χ3v) is 2.53. The van der Waals surface area contributed by atoms with Crippen LogP contribution in [-0.2, 0) is 0 Å². The Kier molecular flexibility index (Phi) is 2.28. The molecule has 2 nitrogen and oxygen atoms in total. The zero-order chi connectivity index (χ0) is 6.69. The average molecular weight is 143 g/mol. The summed E-state index contributed by atoms with van der Waals surface area (Å²) in [7, 11) is 0. The van der Waals surface area contributed by atoms with Gasteiger partial charge >= 0.3 is 0 Å². The molecule has 1 unspecified atom stereocenters. The van der Waals surface area contributed by atoms with Crippen LogP contribution in [0.2, 0.25) is 0 Å². The van der Waals surface area contributed by atoms with Crippen molar-refractivity contribution < 1.29 is 0 Å². The Morgan fingerprint density at radius 1 is 2.00 bits per heavy atom. The van der Waals surface area contributed by atoms with Gasteiger partial charge in [-0.05, 0) is 18.8 Å². The van der Waals surface area contributed by atoms with Crippen molar-refractivity contribution in [3.63, 3.8) is 0 Å². The minimum Gasteiger partial charge on any atom is -0.151 e. The molecule has 0 saturated heterocycles. The van der Waals surface area contributed by atoms with Crippen LogP contribution >= 0.6 is 11.8 Å². The van der Waals surface area contributed by atoms with Gasteiger partial charge in [-0.2, -0.15) is 4.91 Å². The summed E-state index contributed by atoms with van der Waals surface area (Å²) >= 11 is 1.72. The molecule has 0 bridgehead atoms. The Bertz CT molecular complexity index is 144. The largest absolute Gasteiger partial charge is 0.151 e. The minimum absolute atomic E-state index is 0.433. The lowest BCUT2D eigenvalue weighted by atomic mass is 10.2. The molecule has 0 radical (unpaired) electrons. The van der Waals surface area contributed by atoms with E-state index in [1.165, 1.54) is 5.57 Å². The molecule has 0 amide bonds. The first-order chi connectivity index (χ1) is 4.33. The average Bonchev–Trinajstić information content (AvgIpc) is 2.17. The van der Waals surface area contributed by atoms with Crippen LogP contribution in [0.1, 0.15) is 13.3 Å². The maximum absolute atomic E-state index is 9.78. The number of nitroso groups, excluding NO2 is 1. The number of thioether (sulfide) groups is 1. The van der Waals surface area contributed by atoms with E-state index >= 15 is 0 Å². The van der Waals surface area contributed by atoms with Crippen molar-refractivity contribution in [3.8, 4) is 0 Å². The predicted octanol–water partition coefficient (Wildman–Crippen LogP) is 2.16. The summed E-state index contributed by atoms with van der Waals surface area (Å²) < 4.78 is 0. The molecule has 50 valence electrons. The van der Waals surface area contributed by atoms with Crippen molar-refractivity contribution in [2.45, 2.75) is 18.6 Å². The Morgan fingerprint density at radius 2 is 2.78 bits per heavy atom. The summed E-state index contributed by atoms with van der Waals surface area (Å²) in [6.07, 6.45) is 1.04. The Morgan fingerprint density at radius 3 is 3.22 bits per heavy atom. The second-order valence-corrected chi connectivity index (χ2v) is 3.41. The molecule has 1 rings (SSSR count). The van der Waals surface area contributed by atoms with Crippen LogP contribution in [0.25, 0.3) is 0 Å². The van der Waals surface area contributed by atoms with Crippen molar-refractivity contribution in [2.75, 3.05) is 6.54 Å². The van der Waals surface area contributed by atoms with Gasteiger partial charge in [0, 0.05) is 5.25 Å². The van der Waals surface area contributed by atoms with Crippen LogP contribution in [-0.4, -0.2) is 11.8 Å². The van der Waals surface area contributed by atoms with Crippen LogP contribution < -0.4 is 0 Å². The molecule has 9 heavy (non-hydrogen) atoms.